The lowest BCUT2D eigenvalue weighted by Crippen LogP contribution is -2.49. The van der Waals surface area contributed by atoms with E-state index in [0.29, 0.717) is 25.3 Å². The molecule has 2 aliphatic rings. The molecular weight excluding hydrogens is 392 g/mol. The van der Waals surface area contributed by atoms with Crippen molar-refractivity contribution < 1.29 is 14.3 Å². The SMILES string of the molecule is CCc1cnc(N2CCN(C(=O)c3ccc(N4C(=O)OCC4C)cc3C)CC2)c(C)c1. The van der Waals surface area contributed by atoms with Crippen LogP contribution >= 0.6 is 0 Å². The maximum absolute atomic E-state index is 13.2. The van der Waals surface area contributed by atoms with Crippen LogP contribution < -0.4 is 9.80 Å². The van der Waals surface area contributed by atoms with Crippen LogP contribution in [0.5, 0.6) is 0 Å². The summed E-state index contributed by atoms with van der Waals surface area (Å²) in [4.78, 5) is 35.6. The molecule has 2 amide bonds. The number of piperazine rings is 1. The Morgan fingerprint density at radius 2 is 1.87 bits per heavy atom. The number of amides is 2. The molecule has 1 aromatic heterocycles. The van der Waals surface area contributed by atoms with E-state index in [1.807, 2.05) is 43.1 Å². The summed E-state index contributed by atoms with van der Waals surface area (Å²) in [6.45, 7) is 11.3. The van der Waals surface area contributed by atoms with Gasteiger partial charge in [-0.3, -0.25) is 9.69 Å². The minimum atomic E-state index is -0.335. The standard InChI is InChI=1S/C24H30N4O3/c1-5-19-12-17(3)22(25-14-19)26-8-10-27(11-9-26)23(29)21-7-6-20(13-16(21)2)28-18(4)15-31-24(28)30/h6-7,12-14,18H,5,8-11,15H2,1-4H3. The minimum Gasteiger partial charge on any atom is -0.447 e. The van der Waals surface area contributed by atoms with E-state index < -0.39 is 0 Å². The van der Waals surface area contributed by atoms with Gasteiger partial charge in [0, 0.05) is 43.6 Å². The van der Waals surface area contributed by atoms with Crippen LogP contribution in [0.3, 0.4) is 0 Å². The maximum atomic E-state index is 13.2. The normalized spacial score (nSPS) is 19.0. The molecule has 0 saturated carbocycles. The Morgan fingerprint density at radius 3 is 2.45 bits per heavy atom. The van der Waals surface area contributed by atoms with Gasteiger partial charge in [-0.25, -0.2) is 9.78 Å². The van der Waals surface area contributed by atoms with Crippen LogP contribution in [0.1, 0.15) is 40.9 Å². The first-order chi connectivity index (χ1) is 14.9. The second kappa shape index (κ2) is 8.57. The third-order valence-electron chi connectivity index (χ3n) is 6.19. The Bertz CT molecular complexity index is 998. The van der Waals surface area contributed by atoms with Gasteiger partial charge < -0.3 is 14.5 Å². The number of nitrogens with zero attached hydrogens (tertiary/aromatic N) is 4. The van der Waals surface area contributed by atoms with E-state index >= 15 is 0 Å². The predicted octanol–water partition coefficient (Wildman–Crippen LogP) is 3.57. The molecule has 4 rings (SSSR count). The van der Waals surface area contributed by atoms with Gasteiger partial charge in [-0.2, -0.15) is 0 Å². The highest BCUT2D eigenvalue weighted by Gasteiger charge is 2.31. The number of carbonyl (C=O) groups is 2. The monoisotopic (exact) mass is 422 g/mol. The molecule has 2 aliphatic heterocycles. The number of aryl methyl sites for hydroxylation is 3. The zero-order chi connectivity index (χ0) is 22.1. The molecule has 0 bridgehead atoms. The zero-order valence-electron chi connectivity index (χ0n) is 18.7. The number of hydrogen-bond acceptors (Lipinski definition) is 5. The fourth-order valence-corrected chi connectivity index (χ4v) is 4.36. The molecule has 0 radical (unpaired) electrons. The van der Waals surface area contributed by atoms with Crippen molar-refractivity contribution in [1.29, 1.82) is 0 Å². The first-order valence-corrected chi connectivity index (χ1v) is 11.0. The van der Waals surface area contributed by atoms with Gasteiger partial charge in [0.25, 0.3) is 5.91 Å². The van der Waals surface area contributed by atoms with Crippen LogP contribution in [0.15, 0.2) is 30.5 Å². The van der Waals surface area contributed by atoms with Gasteiger partial charge in [-0.15, -0.1) is 0 Å². The average Bonchev–Trinajstić information content (AvgIpc) is 3.11. The summed E-state index contributed by atoms with van der Waals surface area (Å²) >= 11 is 0. The third kappa shape index (κ3) is 4.09. The Kier molecular flexibility index (Phi) is 5.85. The summed E-state index contributed by atoms with van der Waals surface area (Å²) in [7, 11) is 0. The van der Waals surface area contributed by atoms with E-state index in [2.05, 4.69) is 29.8 Å². The van der Waals surface area contributed by atoms with E-state index in [0.717, 1.165) is 36.6 Å². The summed E-state index contributed by atoms with van der Waals surface area (Å²) < 4.78 is 5.11. The Hall–Kier alpha value is -3.09. The van der Waals surface area contributed by atoms with E-state index in [4.69, 9.17) is 4.74 Å². The number of hydrogen-bond donors (Lipinski definition) is 0. The molecule has 0 aliphatic carbocycles. The zero-order valence-corrected chi connectivity index (χ0v) is 18.7. The fourth-order valence-electron chi connectivity index (χ4n) is 4.36. The number of carbonyl (C=O) groups excluding carboxylic acids is 2. The lowest BCUT2D eigenvalue weighted by atomic mass is 10.0. The second-order valence-corrected chi connectivity index (χ2v) is 8.41. The van der Waals surface area contributed by atoms with E-state index in [1.165, 1.54) is 11.1 Å². The van der Waals surface area contributed by atoms with Gasteiger partial charge in [-0.05, 0) is 62.1 Å². The summed E-state index contributed by atoms with van der Waals surface area (Å²) in [6, 6.07) is 7.75. The molecule has 31 heavy (non-hydrogen) atoms. The smallest absolute Gasteiger partial charge is 0.414 e. The van der Waals surface area contributed by atoms with E-state index in [-0.39, 0.29) is 18.0 Å². The van der Waals surface area contributed by atoms with Crippen LogP contribution in [0.25, 0.3) is 0 Å². The van der Waals surface area contributed by atoms with Gasteiger partial charge in [0.15, 0.2) is 0 Å². The lowest BCUT2D eigenvalue weighted by Gasteiger charge is -2.36. The van der Waals surface area contributed by atoms with Crippen molar-refractivity contribution in [2.45, 2.75) is 40.2 Å². The van der Waals surface area contributed by atoms with Gasteiger partial charge in [0.1, 0.15) is 12.4 Å². The number of benzene rings is 1. The molecule has 0 spiro atoms. The molecule has 2 fully saturated rings. The predicted molar refractivity (Wildman–Crippen MR) is 121 cm³/mol. The minimum absolute atomic E-state index is 0.00927. The van der Waals surface area contributed by atoms with Crippen LogP contribution in [0, 0.1) is 13.8 Å². The highest BCUT2D eigenvalue weighted by atomic mass is 16.6. The number of anilines is 2. The van der Waals surface area contributed by atoms with E-state index in [1.54, 1.807) is 4.90 Å². The molecular formula is C24H30N4O3. The van der Waals surface area contributed by atoms with Crippen molar-refractivity contribution in [2.75, 3.05) is 42.6 Å². The summed E-state index contributed by atoms with van der Waals surface area (Å²) in [5, 5.41) is 0. The van der Waals surface area contributed by atoms with Crippen molar-refractivity contribution in [3.63, 3.8) is 0 Å². The van der Waals surface area contributed by atoms with Crippen molar-refractivity contribution in [3.05, 3.63) is 52.7 Å². The summed E-state index contributed by atoms with van der Waals surface area (Å²) in [5.74, 6) is 1.04. The van der Waals surface area contributed by atoms with Gasteiger partial charge in [0.05, 0.1) is 6.04 Å². The number of pyridine rings is 1. The van der Waals surface area contributed by atoms with Crippen LogP contribution in [0.2, 0.25) is 0 Å². The third-order valence-corrected chi connectivity index (χ3v) is 6.19. The van der Waals surface area contributed by atoms with Gasteiger partial charge >= 0.3 is 6.09 Å². The molecule has 1 atom stereocenters. The number of ether oxygens (including phenoxy) is 1. The van der Waals surface area contributed by atoms with E-state index in [9.17, 15) is 9.59 Å². The molecule has 0 N–H and O–H groups in total. The van der Waals surface area contributed by atoms with Gasteiger partial charge in [-0.1, -0.05) is 13.0 Å². The molecule has 2 aromatic rings. The molecule has 1 aromatic carbocycles. The average molecular weight is 423 g/mol. The van der Waals surface area contributed by atoms with Crippen LogP contribution in [0.4, 0.5) is 16.3 Å². The quantitative estimate of drug-likeness (QED) is 0.754. The molecule has 2 saturated heterocycles. The number of cyclic esters (lactones) is 1. The highest BCUT2D eigenvalue weighted by molar-refractivity contribution is 5.97. The first kappa shape index (κ1) is 21.2. The van der Waals surface area contributed by atoms with Crippen molar-refractivity contribution >= 4 is 23.5 Å². The fraction of sp³-hybridized carbons (Fsp3) is 0.458. The summed E-state index contributed by atoms with van der Waals surface area (Å²) in [6.07, 6.45) is 2.59. The lowest BCUT2D eigenvalue weighted by molar-refractivity contribution is 0.0746. The molecule has 7 nitrogen and oxygen atoms in total. The maximum Gasteiger partial charge on any atom is 0.414 e. The second-order valence-electron chi connectivity index (χ2n) is 8.41. The Labute approximate surface area is 183 Å². The Morgan fingerprint density at radius 1 is 1.13 bits per heavy atom. The Balaban J connectivity index is 1.43. The molecule has 1 unspecified atom stereocenters. The topological polar surface area (TPSA) is 66.0 Å². The number of rotatable bonds is 4. The molecule has 3 heterocycles. The molecule has 7 heteroatoms. The van der Waals surface area contributed by atoms with Gasteiger partial charge in [0.2, 0.25) is 0 Å². The largest absolute Gasteiger partial charge is 0.447 e. The summed E-state index contributed by atoms with van der Waals surface area (Å²) in [5.41, 5.74) is 4.74. The van der Waals surface area contributed by atoms with Crippen LogP contribution in [-0.2, 0) is 11.2 Å². The van der Waals surface area contributed by atoms with Crippen LogP contribution in [-0.4, -0.2) is 60.7 Å². The molecule has 164 valence electrons. The van der Waals surface area contributed by atoms with Crippen molar-refractivity contribution in [2.24, 2.45) is 0 Å². The first-order valence-electron chi connectivity index (χ1n) is 11.0. The number of aromatic nitrogens is 1. The van der Waals surface area contributed by atoms with Crippen molar-refractivity contribution in [3.8, 4) is 0 Å². The highest BCUT2D eigenvalue weighted by Crippen LogP contribution is 2.27. The van der Waals surface area contributed by atoms with Crippen molar-refractivity contribution in [1.82, 2.24) is 9.88 Å².